The Morgan fingerprint density at radius 1 is 1.00 bits per heavy atom. The van der Waals surface area contributed by atoms with Crippen molar-refractivity contribution in [1.82, 2.24) is 9.80 Å². The maximum atomic E-state index is 13.9. The number of rotatable bonds is 5. The summed E-state index contributed by atoms with van der Waals surface area (Å²) in [6.45, 7) is 4.46. The minimum atomic E-state index is -0.475. The molecule has 0 aliphatic carbocycles. The molecule has 2 aromatic rings. The van der Waals surface area contributed by atoms with E-state index in [0.29, 0.717) is 32.6 Å². The number of benzene rings is 2. The lowest BCUT2D eigenvalue weighted by molar-refractivity contribution is -0.132. The summed E-state index contributed by atoms with van der Waals surface area (Å²) in [5.74, 6) is -0.584. The second-order valence-corrected chi connectivity index (χ2v) is 6.73. The van der Waals surface area contributed by atoms with Crippen molar-refractivity contribution >= 4 is 11.7 Å². The van der Waals surface area contributed by atoms with E-state index in [1.165, 1.54) is 6.07 Å². The Balaban J connectivity index is 1.51. The molecule has 0 unspecified atom stereocenters. The van der Waals surface area contributed by atoms with Crippen LogP contribution in [0.2, 0.25) is 0 Å². The molecule has 1 aliphatic rings. The fourth-order valence-electron chi connectivity index (χ4n) is 3.18. The van der Waals surface area contributed by atoms with Crippen molar-refractivity contribution in [2.24, 2.45) is 0 Å². The van der Waals surface area contributed by atoms with Gasteiger partial charge >= 0.3 is 0 Å². The van der Waals surface area contributed by atoms with Crippen molar-refractivity contribution in [3.63, 3.8) is 0 Å². The van der Waals surface area contributed by atoms with E-state index in [1.54, 1.807) is 12.1 Å². The van der Waals surface area contributed by atoms with Gasteiger partial charge in [0, 0.05) is 26.2 Å². The molecule has 0 aromatic heterocycles. The molecule has 1 fully saturated rings. The van der Waals surface area contributed by atoms with E-state index in [-0.39, 0.29) is 23.8 Å². The molecule has 3 rings (SSSR count). The lowest BCUT2D eigenvalue weighted by Gasteiger charge is -2.34. The molecule has 26 heavy (non-hydrogen) atoms. The fourth-order valence-corrected chi connectivity index (χ4v) is 3.18. The minimum absolute atomic E-state index is 0.104. The highest BCUT2D eigenvalue weighted by molar-refractivity contribution is 5.98. The SMILES string of the molecule is Cc1ccc(F)c(C(=O)CN2CCN(C(=O)Cc3ccccc3)CC2)c1. The molecule has 0 spiro atoms. The Kier molecular flexibility index (Phi) is 5.78. The highest BCUT2D eigenvalue weighted by Crippen LogP contribution is 2.13. The summed E-state index contributed by atoms with van der Waals surface area (Å²) in [7, 11) is 0. The van der Waals surface area contributed by atoms with Gasteiger partial charge in [0.1, 0.15) is 5.82 Å². The standard InChI is InChI=1S/C21H23FN2O2/c1-16-7-8-19(22)18(13-16)20(25)15-23-9-11-24(12-10-23)21(26)14-17-5-3-2-4-6-17/h2-8,13H,9-12,14-15H2,1H3. The average molecular weight is 354 g/mol. The summed E-state index contributed by atoms with van der Waals surface area (Å²) < 4.78 is 13.9. The van der Waals surface area contributed by atoms with Crippen LogP contribution in [0.15, 0.2) is 48.5 Å². The van der Waals surface area contributed by atoms with Gasteiger partial charge in [-0.1, -0.05) is 42.0 Å². The predicted molar refractivity (Wildman–Crippen MR) is 98.6 cm³/mol. The van der Waals surface area contributed by atoms with Gasteiger partial charge in [0.15, 0.2) is 5.78 Å². The smallest absolute Gasteiger partial charge is 0.227 e. The number of ketones is 1. The van der Waals surface area contributed by atoms with Gasteiger partial charge in [-0.2, -0.15) is 0 Å². The molecule has 0 saturated carbocycles. The summed E-state index contributed by atoms with van der Waals surface area (Å²) >= 11 is 0. The van der Waals surface area contributed by atoms with Crippen LogP contribution in [0, 0.1) is 12.7 Å². The zero-order valence-corrected chi connectivity index (χ0v) is 15.0. The predicted octanol–water partition coefficient (Wildman–Crippen LogP) is 2.70. The van der Waals surface area contributed by atoms with Crippen LogP contribution in [0.5, 0.6) is 0 Å². The van der Waals surface area contributed by atoms with Crippen LogP contribution >= 0.6 is 0 Å². The van der Waals surface area contributed by atoms with Crippen LogP contribution in [-0.4, -0.2) is 54.2 Å². The van der Waals surface area contributed by atoms with Gasteiger partial charge in [-0.05, 0) is 24.6 Å². The first-order valence-corrected chi connectivity index (χ1v) is 8.86. The third-order valence-electron chi connectivity index (χ3n) is 4.71. The molecule has 1 amide bonds. The number of hydrogen-bond acceptors (Lipinski definition) is 3. The molecular formula is C21H23FN2O2. The van der Waals surface area contributed by atoms with Gasteiger partial charge in [-0.3, -0.25) is 14.5 Å². The highest BCUT2D eigenvalue weighted by atomic mass is 19.1. The average Bonchev–Trinajstić information content (AvgIpc) is 2.65. The van der Waals surface area contributed by atoms with E-state index in [1.807, 2.05) is 47.1 Å². The Morgan fingerprint density at radius 3 is 2.38 bits per heavy atom. The minimum Gasteiger partial charge on any atom is -0.340 e. The largest absolute Gasteiger partial charge is 0.340 e. The molecule has 5 heteroatoms. The number of nitrogens with zero attached hydrogens (tertiary/aromatic N) is 2. The van der Waals surface area contributed by atoms with Gasteiger partial charge in [0.25, 0.3) is 0 Å². The van der Waals surface area contributed by atoms with Crippen LogP contribution in [0.4, 0.5) is 4.39 Å². The van der Waals surface area contributed by atoms with Crippen molar-refractivity contribution in [2.75, 3.05) is 32.7 Å². The second kappa shape index (κ2) is 8.23. The maximum absolute atomic E-state index is 13.9. The molecule has 0 atom stereocenters. The van der Waals surface area contributed by atoms with E-state index < -0.39 is 5.82 Å². The molecule has 136 valence electrons. The Bertz CT molecular complexity index is 784. The Labute approximate surface area is 153 Å². The first-order chi connectivity index (χ1) is 12.5. The van der Waals surface area contributed by atoms with Crippen LogP contribution in [0.25, 0.3) is 0 Å². The quantitative estimate of drug-likeness (QED) is 0.775. The van der Waals surface area contributed by atoms with Crippen molar-refractivity contribution in [3.8, 4) is 0 Å². The Hall–Kier alpha value is -2.53. The summed E-state index contributed by atoms with van der Waals surface area (Å²) in [5, 5.41) is 0. The normalized spacial score (nSPS) is 15.1. The van der Waals surface area contributed by atoms with E-state index >= 15 is 0 Å². The van der Waals surface area contributed by atoms with Gasteiger partial charge in [-0.15, -0.1) is 0 Å². The van der Waals surface area contributed by atoms with Gasteiger partial charge < -0.3 is 4.90 Å². The van der Waals surface area contributed by atoms with E-state index in [4.69, 9.17) is 0 Å². The number of Topliss-reactive ketones (excluding diaryl/α,β-unsaturated/α-hetero) is 1. The number of halogens is 1. The summed E-state index contributed by atoms with van der Waals surface area (Å²) in [6.07, 6.45) is 0.397. The maximum Gasteiger partial charge on any atom is 0.227 e. The van der Waals surface area contributed by atoms with Gasteiger partial charge in [0.05, 0.1) is 18.5 Å². The van der Waals surface area contributed by atoms with Crippen LogP contribution in [-0.2, 0) is 11.2 Å². The lowest BCUT2D eigenvalue weighted by atomic mass is 10.1. The molecule has 4 nitrogen and oxygen atoms in total. The van der Waals surface area contributed by atoms with Crippen molar-refractivity contribution in [1.29, 1.82) is 0 Å². The molecule has 0 N–H and O–H groups in total. The summed E-state index contributed by atoms with van der Waals surface area (Å²) in [6, 6.07) is 14.3. The van der Waals surface area contributed by atoms with Crippen molar-refractivity contribution in [3.05, 3.63) is 71.0 Å². The highest BCUT2D eigenvalue weighted by Gasteiger charge is 2.23. The molecule has 0 bridgehead atoms. The molecule has 0 radical (unpaired) electrons. The number of carbonyl (C=O) groups excluding carboxylic acids is 2. The van der Waals surface area contributed by atoms with Crippen LogP contribution in [0.3, 0.4) is 0 Å². The number of piperazine rings is 1. The summed E-state index contributed by atoms with van der Waals surface area (Å²) in [4.78, 5) is 28.6. The Morgan fingerprint density at radius 2 is 1.69 bits per heavy atom. The van der Waals surface area contributed by atoms with E-state index in [0.717, 1.165) is 11.1 Å². The zero-order chi connectivity index (χ0) is 18.5. The number of hydrogen-bond donors (Lipinski definition) is 0. The summed E-state index contributed by atoms with van der Waals surface area (Å²) in [5.41, 5.74) is 2.02. The molecule has 1 saturated heterocycles. The molecular weight excluding hydrogens is 331 g/mol. The van der Waals surface area contributed by atoms with Crippen molar-refractivity contribution < 1.29 is 14.0 Å². The third kappa shape index (κ3) is 4.55. The van der Waals surface area contributed by atoms with Crippen molar-refractivity contribution in [2.45, 2.75) is 13.3 Å². The first kappa shape index (κ1) is 18.3. The first-order valence-electron chi connectivity index (χ1n) is 8.86. The number of carbonyl (C=O) groups is 2. The van der Waals surface area contributed by atoms with Crippen LogP contribution in [0.1, 0.15) is 21.5 Å². The monoisotopic (exact) mass is 354 g/mol. The topological polar surface area (TPSA) is 40.6 Å². The lowest BCUT2D eigenvalue weighted by Crippen LogP contribution is -2.50. The number of amides is 1. The second-order valence-electron chi connectivity index (χ2n) is 6.73. The van der Waals surface area contributed by atoms with Crippen LogP contribution < -0.4 is 0 Å². The van der Waals surface area contributed by atoms with Gasteiger partial charge in [-0.25, -0.2) is 4.39 Å². The molecule has 1 heterocycles. The van der Waals surface area contributed by atoms with E-state index in [9.17, 15) is 14.0 Å². The van der Waals surface area contributed by atoms with E-state index in [2.05, 4.69) is 0 Å². The third-order valence-corrected chi connectivity index (χ3v) is 4.71. The fraction of sp³-hybridized carbons (Fsp3) is 0.333. The molecule has 2 aromatic carbocycles. The zero-order valence-electron chi connectivity index (χ0n) is 15.0. The number of aryl methyl sites for hydroxylation is 1. The van der Waals surface area contributed by atoms with Gasteiger partial charge in [0.2, 0.25) is 5.91 Å². The molecule has 1 aliphatic heterocycles.